The summed E-state index contributed by atoms with van der Waals surface area (Å²) in [6, 6.07) is 7.96. The third-order valence-corrected chi connectivity index (χ3v) is 3.94. The Labute approximate surface area is 117 Å². The summed E-state index contributed by atoms with van der Waals surface area (Å²) in [4.78, 5) is 4.57. The van der Waals surface area contributed by atoms with Crippen molar-refractivity contribution in [2.75, 3.05) is 0 Å². The molecule has 1 aromatic heterocycles. The molecule has 0 amide bonds. The van der Waals surface area contributed by atoms with Gasteiger partial charge in [0.1, 0.15) is 5.01 Å². The van der Waals surface area contributed by atoms with Gasteiger partial charge in [0.15, 0.2) is 0 Å². The highest BCUT2D eigenvalue weighted by Crippen LogP contribution is 2.27. The lowest BCUT2D eigenvalue weighted by Gasteiger charge is -2.04. The number of nitrogens with zero attached hydrogens (tertiary/aromatic N) is 1. The zero-order valence-electron chi connectivity index (χ0n) is 10.5. The van der Waals surface area contributed by atoms with Gasteiger partial charge in [-0.2, -0.15) is 0 Å². The van der Waals surface area contributed by atoms with Crippen LogP contribution in [0.4, 0.5) is 0 Å². The van der Waals surface area contributed by atoms with Gasteiger partial charge in [0.2, 0.25) is 0 Å². The van der Waals surface area contributed by atoms with Crippen molar-refractivity contribution in [3.8, 4) is 0 Å². The van der Waals surface area contributed by atoms with Gasteiger partial charge in [-0.3, -0.25) is 0 Å². The van der Waals surface area contributed by atoms with Gasteiger partial charge in [0.25, 0.3) is 0 Å². The van der Waals surface area contributed by atoms with E-state index < -0.39 is 0 Å². The molecule has 0 saturated carbocycles. The van der Waals surface area contributed by atoms with Crippen LogP contribution in [0.3, 0.4) is 0 Å². The van der Waals surface area contributed by atoms with Crippen molar-refractivity contribution in [3.63, 3.8) is 0 Å². The first kappa shape index (κ1) is 13.3. The fourth-order valence-corrected chi connectivity index (χ4v) is 2.75. The summed E-state index contributed by atoms with van der Waals surface area (Å²) >= 11 is 7.42. The van der Waals surface area contributed by atoms with E-state index in [1.54, 1.807) is 11.3 Å². The van der Waals surface area contributed by atoms with Crippen LogP contribution in [0.5, 0.6) is 0 Å². The van der Waals surface area contributed by atoms with Crippen LogP contribution in [0, 0.1) is 6.58 Å². The second kappa shape index (κ2) is 5.68. The molecule has 0 fully saturated rings. The third kappa shape index (κ3) is 2.82. The Kier molecular flexibility index (Phi) is 4.20. The molecule has 1 nitrogen and oxygen atoms in total. The molecule has 18 heavy (non-hydrogen) atoms. The average Bonchev–Trinajstić information content (AvgIpc) is 2.87. The SMILES string of the molecule is [CH]=C(c1cccc(CCl)c1)c1nc(C(C)C)cs1. The molecule has 0 aliphatic heterocycles. The Balaban J connectivity index is 2.29. The third-order valence-electron chi connectivity index (χ3n) is 2.74. The molecule has 0 atom stereocenters. The van der Waals surface area contributed by atoms with Crippen LogP contribution in [0.25, 0.3) is 5.57 Å². The molecule has 0 aliphatic rings. The Morgan fingerprint density at radius 3 is 2.83 bits per heavy atom. The van der Waals surface area contributed by atoms with Gasteiger partial charge in [-0.15, -0.1) is 22.9 Å². The minimum atomic E-state index is 0.428. The predicted octanol–water partition coefficient (Wildman–Crippen LogP) is 4.87. The lowest BCUT2D eigenvalue weighted by Crippen LogP contribution is -1.90. The Hall–Kier alpha value is -1.12. The molecule has 0 aliphatic carbocycles. The van der Waals surface area contributed by atoms with Crippen molar-refractivity contribution in [1.82, 2.24) is 4.98 Å². The van der Waals surface area contributed by atoms with Crippen molar-refractivity contribution in [2.24, 2.45) is 0 Å². The largest absolute Gasteiger partial charge is 0.241 e. The van der Waals surface area contributed by atoms with Crippen molar-refractivity contribution >= 4 is 28.5 Å². The molecule has 2 aromatic rings. The van der Waals surface area contributed by atoms with E-state index >= 15 is 0 Å². The summed E-state index contributed by atoms with van der Waals surface area (Å²) < 4.78 is 0. The van der Waals surface area contributed by atoms with E-state index in [0.717, 1.165) is 27.4 Å². The van der Waals surface area contributed by atoms with Gasteiger partial charge in [0.05, 0.1) is 5.69 Å². The highest BCUT2D eigenvalue weighted by Gasteiger charge is 2.10. The molecule has 0 bridgehead atoms. The Bertz CT molecular complexity index is 557. The Morgan fingerprint density at radius 2 is 2.22 bits per heavy atom. The lowest BCUT2D eigenvalue weighted by molar-refractivity contribution is 0.831. The fourth-order valence-electron chi connectivity index (χ4n) is 1.62. The fraction of sp³-hybridized carbons (Fsp3) is 0.267. The first-order valence-corrected chi connectivity index (χ1v) is 7.26. The smallest absolute Gasteiger partial charge is 0.124 e. The molecule has 2 rings (SSSR count). The van der Waals surface area contributed by atoms with Crippen molar-refractivity contribution in [3.05, 3.63) is 58.1 Å². The number of rotatable bonds is 4. The first-order valence-electron chi connectivity index (χ1n) is 5.85. The molecule has 1 heterocycles. The van der Waals surface area contributed by atoms with Crippen molar-refractivity contribution in [1.29, 1.82) is 0 Å². The van der Waals surface area contributed by atoms with Gasteiger partial charge in [-0.05, 0) is 23.1 Å². The number of benzene rings is 1. The lowest BCUT2D eigenvalue weighted by atomic mass is 10.1. The maximum atomic E-state index is 6.17. The summed E-state index contributed by atoms with van der Waals surface area (Å²) in [6.45, 7) is 10.4. The monoisotopic (exact) mass is 276 g/mol. The van der Waals surface area contributed by atoms with E-state index in [2.05, 4.69) is 24.2 Å². The minimum Gasteiger partial charge on any atom is -0.241 e. The number of aromatic nitrogens is 1. The maximum Gasteiger partial charge on any atom is 0.124 e. The summed E-state index contributed by atoms with van der Waals surface area (Å²) in [6.07, 6.45) is 0. The summed E-state index contributed by atoms with van der Waals surface area (Å²) in [5, 5.41) is 2.95. The minimum absolute atomic E-state index is 0.428. The summed E-state index contributed by atoms with van der Waals surface area (Å²) in [5.41, 5.74) is 3.86. The number of hydrogen-bond acceptors (Lipinski definition) is 2. The number of thiazole rings is 1. The maximum absolute atomic E-state index is 6.17. The predicted molar refractivity (Wildman–Crippen MR) is 79.0 cm³/mol. The van der Waals surface area contributed by atoms with Gasteiger partial charge in [-0.25, -0.2) is 4.98 Å². The van der Waals surface area contributed by atoms with Crippen molar-refractivity contribution < 1.29 is 0 Å². The van der Waals surface area contributed by atoms with Crippen molar-refractivity contribution in [2.45, 2.75) is 25.6 Å². The average molecular weight is 277 g/mol. The molecule has 1 radical (unpaired) electrons. The quantitative estimate of drug-likeness (QED) is 0.726. The van der Waals surface area contributed by atoms with Crippen LogP contribution in [0.15, 0.2) is 29.6 Å². The molecular formula is C15H15ClNS. The van der Waals surface area contributed by atoms with E-state index in [9.17, 15) is 0 Å². The molecule has 0 unspecified atom stereocenters. The van der Waals surface area contributed by atoms with E-state index in [1.165, 1.54) is 0 Å². The molecule has 0 N–H and O–H groups in total. The number of alkyl halides is 1. The number of hydrogen-bond donors (Lipinski definition) is 0. The van der Waals surface area contributed by atoms with Gasteiger partial charge in [0, 0.05) is 16.8 Å². The zero-order valence-corrected chi connectivity index (χ0v) is 12.1. The van der Waals surface area contributed by atoms with Crippen LogP contribution in [0.1, 0.15) is 41.6 Å². The highest BCUT2D eigenvalue weighted by atomic mass is 35.5. The molecular weight excluding hydrogens is 262 g/mol. The van der Waals surface area contributed by atoms with Gasteiger partial charge >= 0.3 is 0 Å². The first-order chi connectivity index (χ1) is 8.61. The van der Waals surface area contributed by atoms with Crippen LogP contribution < -0.4 is 0 Å². The van der Waals surface area contributed by atoms with Crippen LogP contribution in [-0.4, -0.2) is 4.98 Å². The second-order valence-electron chi connectivity index (χ2n) is 4.48. The van der Waals surface area contributed by atoms with E-state index in [0.29, 0.717) is 11.8 Å². The van der Waals surface area contributed by atoms with Crippen LogP contribution in [-0.2, 0) is 5.88 Å². The summed E-state index contributed by atoms with van der Waals surface area (Å²) in [5.74, 6) is 0.924. The van der Waals surface area contributed by atoms with Crippen LogP contribution >= 0.6 is 22.9 Å². The molecule has 0 spiro atoms. The molecule has 3 heteroatoms. The molecule has 0 saturated heterocycles. The second-order valence-corrected chi connectivity index (χ2v) is 5.61. The van der Waals surface area contributed by atoms with Gasteiger partial charge < -0.3 is 0 Å². The topological polar surface area (TPSA) is 12.9 Å². The standard InChI is InChI=1S/C15H15ClNS/c1-10(2)14-9-18-15(17-14)11(3)13-6-4-5-12(7-13)8-16/h3-7,9-10H,8H2,1-2H3. The van der Waals surface area contributed by atoms with E-state index in [4.69, 9.17) is 18.2 Å². The zero-order chi connectivity index (χ0) is 13.1. The van der Waals surface area contributed by atoms with Gasteiger partial charge in [-0.1, -0.05) is 38.6 Å². The van der Waals surface area contributed by atoms with E-state index in [1.807, 2.05) is 24.3 Å². The highest BCUT2D eigenvalue weighted by molar-refractivity contribution is 7.10. The number of halogens is 1. The Morgan fingerprint density at radius 1 is 1.44 bits per heavy atom. The normalized spacial score (nSPS) is 10.9. The van der Waals surface area contributed by atoms with E-state index in [-0.39, 0.29) is 0 Å². The molecule has 93 valence electrons. The van der Waals surface area contributed by atoms with Crippen LogP contribution in [0.2, 0.25) is 0 Å². The molecule has 1 aromatic carbocycles. The summed E-state index contributed by atoms with van der Waals surface area (Å²) in [7, 11) is 0.